The minimum atomic E-state index is -0.807. The number of hydrogen-bond donors (Lipinski definition) is 1. The van der Waals surface area contributed by atoms with E-state index < -0.39 is 17.8 Å². The summed E-state index contributed by atoms with van der Waals surface area (Å²) < 4.78 is 2.10. The van der Waals surface area contributed by atoms with Gasteiger partial charge in [0.15, 0.2) is 0 Å². The van der Waals surface area contributed by atoms with Crippen LogP contribution >= 0.6 is 11.6 Å². The molecule has 1 aliphatic heterocycles. The van der Waals surface area contributed by atoms with Crippen molar-refractivity contribution in [3.63, 3.8) is 0 Å². The fraction of sp³-hybridized carbons (Fsp3) is 0.107. The molecule has 6 nitrogen and oxygen atoms in total. The highest BCUT2D eigenvalue weighted by Gasteiger charge is 2.37. The van der Waals surface area contributed by atoms with Gasteiger partial charge in [0, 0.05) is 21.8 Å². The van der Waals surface area contributed by atoms with Crippen molar-refractivity contribution < 1.29 is 14.4 Å². The molecule has 5 rings (SSSR count). The molecule has 1 saturated heterocycles. The number of halogens is 1. The summed E-state index contributed by atoms with van der Waals surface area (Å²) in [7, 11) is 0. The Labute approximate surface area is 207 Å². The zero-order valence-corrected chi connectivity index (χ0v) is 20.2. The number of hydrogen-bond acceptors (Lipinski definition) is 3. The molecule has 1 aliphatic rings. The minimum absolute atomic E-state index is 0.125. The van der Waals surface area contributed by atoms with E-state index in [2.05, 4.69) is 28.1 Å². The lowest BCUT2D eigenvalue weighted by atomic mass is 10.1. The zero-order valence-electron chi connectivity index (χ0n) is 19.4. The Morgan fingerprint density at radius 1 is 0.886 bits per heavy atom. The van der Waals surface area contributed by atoms with E-state index in [1.165, 1.54) is 12.1 Å². The maximum absolute atomic E-state index is 13.3. The Morgan fingerprint density at radius 2 is 1.63 bits per heavy atom. The van der Waals surface area contributed by atoms with Crippen molar-refractivity contribution in [3.8, 4) is 5.69 Å². The monoisotopic (exact) mass is 483 g/mol. The van der Waals surface area contributed by atoms with Gasteiger partial charge in [-0.25, -0.2) is 9.69 Å². The Balaban J connectivity index is 1.60. The van der Waals surface area contributed by atoms with Crippen LogP contribution in [0.5, 0.6) is 0 Å². The number of carbonyl (C=O) groups excluding carboxylic acids is 3. The minimum Gasteiger partial charge on any atom is -0.317 e. The van der Waals surface area contributed by atoms with E-state index in [1.54, 1.807) is 12.1 Å². The summed E-state index contributed by atoms with van der Waals surface area (Å²) >= 11 is 6.21. The SMILES string of the molecule is Cc1ccc(N2C(=O)NC(=O)/C(=C/c3cc(C)n(-c4cccc5ccccc45)c3C)C2=O)cc1Cl. The van der Waals surface area contributed by atoms with Crippen LogP contribution in [0.3, 0.4) is 0 Å². The van der Waals surface area contributed by atoms with Gasteiger partial charge in [-0.15, -0.1) is 0 Å². The molecule has 174 valence electrons. The molecule has 0 spiro atoms. The quantitative estimate of drug-likeness (QED) is 0.292. The van der Waals surface area contributed by atoms with Crippen molar-refractivity contribution in [2.45, 2.75) is 20.8 Å². The first-order valence-corrected chi connectivity index (χ1v) is 11.5. The van der Waals surface area contributed by atoms with Crippen molar-refractivity contribution in [1.82, 2.24) is 9.88 Å². The highest BCUT2D eigenvalue weighted by molar-refractivity contribution is 6.39. The summed E-state index contributed by atoms with van der Waals surface area (Å²) in [5.41, 5.74) is 4.52. The van der Waals surface area contributed by atoms with Gasteiger partial charge in [-0.05, 0) is 67.6 Å². The maximum atomic E-state index is 13.3. The maximum Gasteiger partial charge on any atom is 0.335 e. The highest BCUT2D eigenvalue weighted by Crippen LogP contribution is 2.30. The average Bonchev–Trinajstić information content (AvgIpc) is 3.11. The predicted molar refractivity (Wildman–Crippen MR) is 138 cm³/mol. The second kappa shape index (κ2) is 8.56. The molecular weight excluding hydrogens is 462 g/mol. The molecule has 0 aliphatic carbocycles. The lowest BCUT2D eigenvalue weighted by Crippen LogP contribution is -2.54. The molecule has 35 heavy (non-hydrogen) atoms. The van der Waals surface area contributed by atoms with E-state index in [1.807, 2.05) is 51.1 Å². The van der Waals surface area contributed by atoms with Crippen molar-refractivity contribution in [2.24, 2.45) is 0 Å². The second-order valence-electron chi connectivity index (χ2n) is 8.55. The number of anilines is 1. The molecule has 1 aromatic heterocycles. The molecule has 0 atom stereocenters. The van der Waals surface area contributed by atoms with Gasteiger partial charge in [-0.2, -0.15) is 0 Å². The normalized spacial score (nSPS) is 15.3. The average molecular weight is 484 g/mol. The molecule has 2 heterocycles. The predicted octanol–water partition coefficient (Wildman–Crippen LogP) is 5.88. The third-order valence-electron chi connectivity index (χ3n) is 6.29. The fourth-order valence-electron chi connectivity index (χ4n) is 4.48. The lowest BCUT2D eigenvalue weighted by Gasteiger charge is -2.26. The molecule has 4 amide bonds. The number of imide groups is 2. The largest absolute Gasteiger partial charge is 0.335 e. The van der Waals surface area contributed by atoms with Gasteiger partial charge >= 0.3 is 6.03 Å². The molecule has 1 N–H and O–H groups in total. The van der Waals surface area contributed by atoms with Crippen LogP contribution in [0, 0.1) is 20.8 Å². The van der Waals surface area contributed by atoms with Crippen LogP contribution in [0.2, 0.25) is 5.02 Å². The smallest absolute Gasteiger partial charge is 0.317 e. The molecule has 0 unspecified atom stereocenters. The van der Waals surface area contributed by atoms with Crippen LogP contribution in [-0.4, -0.2) is 22.4 Å². The molecule has 0 bridgehead atoms. The number of aryl methyl sites for hydroxylation is 2. The summed E-state index contributed by atoms with van der Waals surface area (Å²) in [5, 5.41) is 4.90. The summed E-state index contributed by atoms with van der Waals surface area (Å²) in [6, 6.07) is 20.2. The number of amides is 4. The number of urea groups is 1. The van der Waals surface area contributed by atoms with E-state index in [0.29, 0.717) is 16.3 Å². The number of benzene rings is 3. The number of fused-ring (bicyclic) bond motifs is 1. The van der Waals surface area contributed by atoms with Crippen LogP contribution in [0.4, 0.5) is 10.5 Å². The molecular formula is C28H22ClN3O3. The Kier molecular flexibility index (Phi) is 5.53. The van der Waals surface area contributed by atoms with Gasteiger partial charge in [0.05, 0.1) is 11.4 Å². The molecule has 0 radical (unpaired) electrons. The number of nitrogens with zero attached hydrogens (tertiary/aromatic N) is 2. The molecule has 0 saturated carbocycles. The van der Waals surface area contributed by atoms with E-state index >= 15 is 0 Å². The van der Waals surface area contributed by atoms with Gasteiger partial charge in [0.2, 0.25) is 0 Å². The van der Waals surface area contributed by atoms with Crippen molar-refractivity contribution in [2.75, 3.05) is 4.90 Å². The zero-order chi connectivity index (χ0) is 24.9. The van der Waals surface area contributed by atoms with Crippen molar-refractivity contribution in [1.29, 1.82) is 0 Å². The summed E-state index contributed by atoms with van der Waals surface area (Å²) in [4.78, 5) is 39.5. The van der Waals surface area contributed by atoms with Gasteiger partial charge in [-0.3, -0.25) is 14.9 Å². The molecule has 3 aromatic carbocycles. The van der Waals surface area contributed by atoms with E-state index in [0.717, 1.165) is 38.3 Å². The number of barbiturate groups is 1. The number of aromatic nitrogens is 1. The van der Waals surface area contributed by atoms with Gasteiger partial charge < -0.3 is 4.57 Å². The number of carbonyl (C=O) groups is 3. The van der Waals surface area contributed by atoms with Crippen LogP contribution in [-0.2, 0) is 9.59 Å². The third kappa shape index (κ3) is 3.82. The first kappa shape index (κ1) is 22.6. The third-order valence-corrected chi connectivity index (χ3v) is 6.70. The topological polar surface area (TPSA) is 71.4 Å². The van der Waals surface area contributed by atoms with Gasteiger partial charge in [0.25, 0.3) is 11.8 Å². The first-order chi connectivity index (χ1) is 16.8. The molecule has 1 fully saturated rings. The first-order valence-electron chi connectivity index (χ1n) is 11.1. The van der Waals surface area contributed by atoms with Crippen LogP contribution < -0.4 is 10.2 Å². The van der Waals surface area contributed by atoms with Crippen molar-refractivity contribution >= 4 is 52.0 Å². The Bertz CT molecular complexity index is 1580. The molecule has 7 heteroatoms. The van der Waals surface area contributed by atoms with Crippen LogP contribution in [0.25, 0.3) is 22.5 Å². The van der Waals surface area contributed by atoms with Crippen LogP contribution in [0.15, 0.2) is 72.3 Å². The summed E-state index contributed by atoms with van der Waals surface area (Å²) in [6.45, 7) is 5.74. The van der Waals surface area contributed by atoms with Gasteiger partial charge in [-0.1, -0.05) is 54.1 Å². The van der Waals surface area contributed by atoms with Crippen LogP contribution in [0.1, 0.15) is 22.5 Å². The second-order valence-corrected chi connectivity index (χ2v) is 8.96. The van der Waals surface area contributed by atoms with E-state index in [-0.39, 0.29) is 5.57 Å². The summed E-state index contributed by atoms with van der Waals surface area (Å²) in [6.07, 6.45) is 1.54. The lowest BCUT2D eigenvalue weighted by molar-refractivity contribution is -0.122. The fourth-order valence-corrected chi connectivity index (χ4v) is 4.65. The highest BCUT2D eigenvalue weighted by atomic mass is 35.5. The Morgan fingerprint density at radius 3 is 2.40 bits per heavy atom. The molecule has 4 aromatic rings. The van der Waals surface area contributed by atoms with E-state index in [9.17, 15) is 14.4 Å². The van der Waals surface area contributed by atoms with E-state index in [4.69, 9.17) is 11.6 Å². The standard InChI is InChI=1S/C28H22ClN3O3/c1-16-11-12-21(15-24(16)29)32-27(34)23(26(33)30-28(32)35)14-20-13-17(2)31(18(20)3)25-10-6-8-19-7-4-5-9-22(19)25/h4-15H,1-3H3,(H,30,33,35)/b23-14-. The number of rotatable bonds is 3. The Hall–Kier alpha value is -4.16. The summed E-state index contributed by atoms with van der Waals surface area (Å²) in [5.74, 6) is -1.43. The van der Waals surface area contributed by atoms with Gasteiger partial charge in [0.1, 0.15) is 5.57 Å². The van der Waals surface area contributed by atoms with Crippen molar-refractivity contribution in [3.05, 3.63) is 99.8 Å². The number of nitrogens with one attached hydrogen (secondary N) is 1.